The van der Waals surface area contributed by atoms with Gasteiger partial charge < -0.3 is 10.1 Å². The van der Waals surface area contributed by atoms with Crippen molar-refractivity contribution in [2.45, 2.75) is 11.3 Å². The van der Waals surface area contributed by atoms with E-state index in [-0.39, 0.29) is 21.5 Å². The van der Waals surface area contributed by atoms with Crippen LogP contribution in [0, 0.1) is 0 Å². The molecule has 0 radical (unpaired) electrons. The summed E-state index contributed by atoms with van der Waals surface area (Å²) >= 11 is 18.3. The number of benzene rings is 3. The molecule has 0 saturated heterocycles. The molecule has 0 aliphatic heterocycles. The maximum atomic E-state index is 13.4. The van der Waals surface area contributed by atoms with E-state index in [4.69, 9.17) is 39.5 Å². The van der Waals surface area contributed by atoms with Gasteiger partial charge >= 0.3 is 0 Å². The molecule has 3 rings (SSSR count). The number of amides is 1. The first kappa shape index (κ1) is 25.3. The number of sulfonamides is 1. The Kier molecular flexibility index (Phi) is 8.62. The molecule has 0 fully saturated rings. The van der Waals surface area contributed by atoms with E-state index in [1.807, 2.05) is 30.3 Å². The smallest absolute Gasteiger partial charge is 0.245 e. The average Bonchev–Trinajstić information content (AvgIpc) is 2.79. The fourth-order valence-electron chi connectivity index (χ4n) is 3.10. The molecule has 10 heteroatoms. The minimum atomic E-state index is -4.12. The summed E-state index contributed by atoms with van der Waals surface area (Å²) < 4.78 is 33.0. The summed E-state index contributed by atoms with van der Waals surface area (Å²) in [4.78, 5) is 12.6. The zero-order chi connectivity index (χ0) is 24.0. The number of hydrogen-bond acceptors (Lipinski definition) is 4. The topological polar surface area (TPSA) is 75.7 Å². The SMILES string of the molecule is COc1ccc(NC(=O)CN(CCc2ccccc2)S(=O)(=O)c2cc(Cl)ccc2Cl)cc1Cl. The Labute approximate surface area is 208 Å². The first-order valence-corrected chi connectivity index (χ1v) is 12.4. The molecule has 0 spiro atoms. The second kappa shape index (κ2) is 11.2. The molecule has 1 amide bonds. The van der Waals surface area contributed by atoms with Crippen LogP contribution in [0.25, 0.3) is 0 Å². The van der Waals surface area contributed by atoms with Crippen molar-refractivity contribution >= 4 is 56.4 Å². The van der Waals surface area contributed by atoms with Crippen LogP contribution in [0.4, 0.5) is 5.69 Å². The Morgan fingerprint density at radius 3 is 2.36 bits per heavy atom. The molecule has 1 N–H and O–H groups in total. The molecule has 0 saturated carbocycles. The number of nitrogens with one attached hydrogen (secondary N) is 1. The number of anilines is 1. The summed E-state index contributed by atoms with van der Waals surface area (Å²) in [6.45, 7) is -0.367. The predicted molar refractivity (Wildman–Crippen MR) is 132 cm³/mol. The minimum Gasteiger partial charge on any atom is -0.495 e. The summed E-state index contributed by atoms with van der Waals surface area (Å²) in [5.41, 5.74) is 1.34. The molecule has 0 aromatic heterocycles. The predicted octanol–water partition coefficient (Wildman–Crippen LogP) is 5.53. The molecule has 0 aliphatic rings. The van der Waals surface area contributed by atoms with Crippen LogP contribution >= 0.6 is 34.8 Å². The summed E-state index contributed by atoms with van der Waals surface area (Å²) in [6.07, 6.45) is 0.403. The fraction of sp³-hybridized carbons (Fsp3) is 0.174. The number of carbonyl (C=O) groups is 1. The lowest BCUT2D eigenvalue weighted by Gasteiger charge is -2.22. The highest BCUT2D eigenvalue weighted by molar-refractivity contribution is 7.89. The molecule has 33 heavy (non-hydrogen) atoms. The zero-order valence-corrected chi connectivity index (χ0v) is 20.7. The largest absolute Gasteiger partial charge is 0.495 e. The lowest BCUT2D eigenvalue weighted by atomic mass is 10.1. The van der Waals surface area contributed by atoms with Gasteiger partial charge in [-0.3, -0.25) is 4.79 Å². The van der Waals surface area contributed by atoms with Crippen molar-refractivity contribution in [3.8, 4) is 5.75 Å². The molecule has 0 bridgehead atoms. The highest BCUT2D eigenvalue weighted by Crippen LogP contribution is 2.29. The Morgan fingerprint density at radius 2 is 1.70 bits per heavy atom. The molecule has 3 aromatic rings. The summed E-state index contributed by atoms with van der Waals surface area (Å²) in [5.74, 6) is -0.0802. The van der Waals surface area contributed by atoms with Gasteiger partial charge in [-0.05, 0) is 48.4 Å². The maximum absolute atomic E-state index is 13.4. The van der Waals surface area contributed by atoms with Crippen molar-refractivity contribution in [2.75, 3.05) is 25.5 Å². The van der Waals surface area contributed by atoms with Crippen molar-refractivity contribution in [3.63, 3.8) is 0 Å². The number of ether oxygens (including phenoxy) is 1. The Bertz CT molecular complexity index is 1240. The van der Waals surface area contributed by atoms with Crippen LogP contribution in [0.3, 0.4) is 0 Å². The second-order valence-electron chi connectivity index (χ2n) is 7.05. The second-order valence-corrected chi connectivity index (χ2v) is 10.2. The number of nitrogens with zero attached hydrogens (tertiary/aromatic N) is 1. The fourth-order valence-corrected chi connectivity index (χ4v) is 5.49. The molecule has 3 aromatic carbocycles. The molecular weight excluding hydrogens is 507 g/mol. The zero-order valence-electron chi connectivity index (χ0n) is 17.6. The Balaban J connectivity index is 1.85. The Morgan fingerprint density at radius 1 is 0.970 bits per heavy atom. The number of methoxy groups -OCH3 is 1. The van der Waals surface area contributed by atoms with Gasteiger partial charge in [-0.1, -0.05) is 65.1 Å². The summed E-state index contributed by atoms with van der Waals surface area (Å²) in [5, 5.41) is 3.22. The molecule has 6 nitrogen and oxygen atoms in total. The van der Waals surface area contributed by atoms with Gasteiger partial charge in [0, 0.05) is 17.3 Å². The van der Waals surface area contributed by atoms with E-state index in [1.165, 1.54) is 31.4 Å². The van der Waals surface area contributed by atoms with Crippen molar-refractivity contribution < 1.29 is 17.9 Å². The van der Waals surface area contributed by atoms with Gasteiger partial charge in [-0.15, -0.1) is 0 Å². The van der Waals surface area contributed by atoms with Crippen LogP contribution in [0.1, 0.15) is 5.56 Å². The molecular formula is C23H21Cl3N2O4S. The van der Waals surface area contributed by atoms with Crippen LogP contribution in [-0.2, 0) is 21.2 Å². The van der Waals surface area contributed by atoms with E-state index in [2.05, 4.69) is 5.32 Å². The van der Waals surface area contributed by atoms with E-state index in [1.54, 1.807) is 12.1 Å². The summed E-state index contributed by atoms with van der Waals surface area (Å²) in [7, 11) is -2.64. The standard InChI is InChI=1S/C23H21Cl3N2O4S/c1-32-21-10-8-18(14-20(21)26)27-23(29)15-28(12-11-16-5-3-2-4-6-16)33(30,31)22-13-17(24)7-9-19(22)25/h2-10,13-14H,11-12,15H2,1H3,(H,27,29). The third-order valence-corrected chi connectivity index (χ3v) is 7.62. The lowest BCUT2D eigenvalue weighted by molar-refractivity contribution is -0.116. The third-order valence-electron chi connectivity index (χ3n) is 4.76. The first-order chi connectivity index (χ1) is 15.7. The number of halogens is 3. The van der Waals surface area contributed by atoms with Crippen molar-refractivity contribution in [1.29, 1.82) is 0 Å². The third kappa shape index (κ3) is 6.62. The number of rotatable bonds is 9. The van der Waals surface area contributed by atoms with Crippen LogP contribution in [0.5, 0.6) is 5.75 Å². The van der Waals surface area contributed by atoms with Crippen molar-refractivity contribution in [2.24, 2.45) is 0 Å². The molecule has 0 atom stereocenters. The Hall–Kier alpha value is -2.29. The molecule has 0 aliphatic carbocycles. The van der Waals surface area contributed by atoms with Crippen LogP contribution in [0.15, 0.2) is 71.6 Å². The average molecular weight is 528 g/mol. The van der Waals surface area contributed by atoms with E-state index < -0.39 is 22.5 Å². The number of carbonyl (C=O) groups excluding carboxylic acids is 1. The van der Waals surface area contributed by atoms with Gasteiger partial charge in [-0.25, -0.2) is 8.42 Å². The normalized spacial score (nSPS) is 11.4. The van der Waals surface area contributed by atoms with E-state index in [9.17, 15) is 13.2 Å². The highest BCUT2D eigenvalue weighted by atomic mass is 35.5. The molecule has 174 valence electrons. The van der Waals surface area contributed by atoms with Gasteiger partial charge in [-0.2, -0.15) is 4.31 Å². The maximum Gasteiger partial charge on any atom is 0.245 e. The molecule has 0 unspecified atom stereocenters. The van der Waals surface area contributed by atoms with Gasteiger partial charge in [0.15, 0.2) is 0 Å². The number of hydrogen-bond donors (Lipinski definition) is 1. The summed E-state index contributed by atoms with van der Waals surface area (Å²) in [6, 6.07) is 18.3. The van der Waals surface area contributed by atoms with Gasteiger partial charge in [0.25, 0.3) is 0 Å². The van der Waals surface area contributed by atoms with Gasteiger partial charge in [0.05, 0.1) is 23.7 Å². The monoisotopic (exact) mass is 526 g/mol. The van der Waals surface area contributed by atoms with Crippen molar-refractivity contribution in [3.05, 3.63) is 87.4 Å². The van der Waals surface area contributed by atoms with Crippen molar-refractivity contribution in [1.82, 2.24) is 4.31 Å². The quantitative estimate of drug-likeness (QED) is 0.397. The first-order valence-electron chi connectivity index (χ1n) is 9.83. The van der Waals surface area contributed by atoms with Crippen LogP contribution < -0.4 is 10.1 Å². The lowest BCUT2D eigenvalue weighted by Crippen LogP contribution is -2.39. The van der Waals surface area contributed by atoms with E-state index >= 15 is 0 Å². The van der Waals surface area contributed by atoms with E-state index in [0.29, 0.717) is 22.9 Å². The van der Waals surface area contributed by atoms with Crippen LogP contribution in [0.2, 0.25) is 15.1 Å². The van der Waals surface area contributed by atoms with Crippen LogP contribution in [-0.4, -0.2) is 38.8 Å². The van der Waals surface area contributed by atoms with Gasteiger partial charge in [0.1, 0.15) is 10.6 Å². The molecule has 0 heterocycles. The van der Waals surface area contributed by atoms with Gasteiger partial charge in [0.2, 0.25) is 15.9 Å². The van der Waals surface area contributed by atoms with E-state index in [0.717, 1.165) is 9.87 Å². The minimum absolute atomic E-state index is 0.0199. The highest BCUT2D eigenvalue weighted by Gasteiger charge is 2.29.